The lowest BCUT2D eigenvalue weighted by Gasteiger charge is -2.13. The third kappa shape index (κ3) is 4.26. The summed E-state index contributed by atoms with van der Waals surface area (Å²) < 4.78 is 1.98. The molecule has 0 unspecified atom stereocenters. The minimum absolute atomic E-state index is 0.167. The van der Waals surface area contributed by atoms with Crippen LogP contribution in [0.1, 0.15) is 35.1 Å². The van der Waals surface area contributed by atoms with Gasteiger partial charge in [-0.1, -0.05) is 49.0 Å². The molecule has 2 aromatic heterocycles. The lowest BCUT2D eigenvalue weighted by molar-refractivity contribution is -0.113. The smallest absolute Gasteiger partial charge is 0.235 e. The Hall–Kier alpha value is -3.05. The molecule has 1 amide bonds. The first kappa shape index (κ1) is 19.7. The van der Waals surface area contributed by atoms with Crippen LogP contribution in [-0.4, -0.2) is 31.4 Å². The molecule has 0 saturated carbocycles. The molecule has 0 bridgehead atoms. The number of hydrogen-bond acceptors (Lipinski definition) is 5. The van der Waals surface area contributed by atoms with Crippen molar-refractivity contribution in [2.45, 2.75) is 38.9 Å². The highest BCUT2D eigenvalue weighted by atomic mass is 32.2. The number of hydrogen-bond donors (Lipinski definition) is 2. The van der Waals surface area contributed by atoms with Crippen molar-refractivity contribution in [1.82, 2.24) is 19.7 Å². The average Bonchev–Trinajstić information content (AvgIpc) is 3.26. The van der Waals surface area contributed by atoms with E-state index in [1.165, 1.54) is 11.8 Å². The number of amides is 1. The number of nitriles is 1. The molecule has 0 atom stereocenters. The van der Waals surface area contributed by atoms with Gasteiger partial charge in [-0.3, -0.25) is 9.89 Å². The van der Waals surface area contributed by atoms with Gasteiger partial charge in [0, 0.05) is 18.7 Å². The average molecular weight is 395 g/mol. The van der Waals surface area contributed by atoms with Gasteiger partial charge in [0.25, 0.3) is 0 Å². The van der Waals surface area contributed by atoms with Crippen LogP contribution in [0.15, 0.2) is 35.5 Å². The van der Waals surface area contributed by atoms with Crippen LogP contribution in [0.5, 0.6) is 0 Å². The van der Waals surface area contributed by atoms with E-state index in [4.69, 9.17) is 0 Å². The second-order valence-corrected chi connectivity index (χ2v) is 7.32. The van der Waals surface area contributed by atoms with E-state index in [1.807, 2.05) is 55.7 Å². The number of aromatic nitrogens is 4. The van der Waals surface area contributed by atoms with Gasteiger partial charge in [0.05, 0.1) is 11.3 Å². The summed E-state index contributed by atoms with van der Waals surface area (Å²) in [6.07, 6.45) is 0.761. The number of H-pyrrole nitrogens is 1. The van der Waals surface area contributed by atoms with Crippen LogP contribution in [0, 0.1) is 25.2 Å². The molecule has 0 aliphatic carbocycles. The zero-order valence-electron chi connectivity index (χ0n) is 16.1. The number of nitrogens with zero attached hydrogens (tertiary/aromatic N) is 4. The first-order valence-electron chi connectivity index (χ1n) is 9.01. The van der Waals surface area contributed by atoms with Crippen LogP contribution in [0.3, 0.4) is 0 Å². The van der Waals surface area contributed by atoms with Gasteiger partial charge in [-0.25, -0.2) is 4.98 Å². The minimum atomic E-state index is -0.198. The van der Waals surface area contributed by atoms with Crippen LogP contribution in [-0.2, 0) is 17.8 Å². The molecule has 8 heteroatoms. The van der Waals surface area contributed by atoms with Gasteiger partial charge in [0.2, 0.25) is 11.1 Å². The van der Waals surface area contributed by atoms with Crippen LogP contribution in [0.25, 0.3) is 0 Å². The summed E-state index contributed by atoms with van der Waals surface area (Å²) in [5.41, 5.74) is 3.44. The summed E-state index contributed by atoms with van der Waals surface area (Å²) in [5, 5.41) is 20.0. The summed E-state index contributed by atoms with van der Waals surface area (Å²) in [5.74, 6) is 1.30. The first-order chi connectivity index (χ1) is 13.5. The Morgan fingerprint density at radius 2 is 2.07 bits per heavy atom. The van der Waals surface area contributed by atoms with Gasteiger partial charge in [-0.05, 0) is 25.0 Å². The Labute approximate surface area is 168 Å². The highest BCUT2D eigenvalue weighted by molar-refractivity contribution is 7.99. The van der Waals surface area contributed by atoms with Crippen molar-refractivity contribution >= 4 is 23.5 Å². The van der Waals surface area contributed by atoms with Crippen molar-refractivity contribution in [3.8, 4) is 6.07 Å². The van der Waals surface area contributed by atoms with E-state index >= 15 is 0 Å². The zero-order chi connectivity index (χ0) is 20.1. The predicted molar refractivity (Wildman–Crippen MR) is 109 cm³/mol. The van der Waals surface area contributed by atoms with E-state index < -0.39 is 0 Å². The highest BCUT2D eigenvalue weighted by Gasteiger charge is 2.20. The minimum Gasteiger partial charge on any atom is -0.326 e. The molecule has 1 aromatic carbocycles. The largest absolute Gasteiger partial charge is 0.326 e. The third-order valence-electron chi connectivity index (χ3n) is 4.56. The normalized spacial score (nSPS) is 10.6. The molecule has 0 aliphatic rings. The molecule has 0 radical (unpaired) electrons. The second-order valence-electron chi connectivity index (χ2n) is 6.37. The van der Waals surface area contributed by atoms with E-state index in [0.717, 1.165) is 29.1 Å². The Kier molecular flexibility index (Phi) is 6.16. The second kappa shape index (κ2) is 8.76. The number of benzene rings is 1. The maximum atomic E-state index is 12.5. The van der Waals surface area contributed by atoms with Gasteiger partial charge in [0.1, 0.15) is 17.7 Å². The number of carbonyl (C=O) groups is 1. The summed E-state index contributed by atoms with van der Waals surface area (Å²) in [6, 6.07) is 12.2. The molecule has 3 rings (SSSR count). The Morgan fingerprint density at radius 3 is 2.71 bits per heavy atom. The number of aryl methyl sites for hydroxylation is 1. The Balaban J connectivity index is 1.78. The lowest BCUT2D eigenvalue weighted by Crippen LogP contribution is -2.18. The fourth-order valence-electron chi connectivity index (χ4n) is 2.89. The van der Waals surface area contributed by atoms with Gasteiger partial charge in [-0.2, -0.15) is 5.26 Å². The van der Waals surface area contributed by atoms with Crippen molar-refractivity contribution in [1.29, 1.82) is 5.26 Å². The van der Waals surface area contributed by atoms with Gasteiger partial charge < -0.3 is 9.88 Å². The number of thioether (sulfide) groups is 1. The molecular weight excluding hydrogens is 372 g/mol. The van der Waals surface area contributed by atoms with Crippen LogP contribution in [0.4, 0.5) is 5.82 Å². The summed E-state index contributed by atoms with van der Waals surface area (Å²) in [4.78, 5) is 16.8. The highest BCUT2D eigenvalue weighted by Crippen LogP contribution is 2.27. The zero-order valence-corrected chi connectivity index (χ0v) is 16.9. The SMILES string of the molecule is CCc1nc(SCC(=O)Nc2c(C#N)c(C)c(C)n2Cc2ccccc2)n[nH]1. The number of anilines is 1. The van der Waals surface area contributed by atoms with Crippen molar-refractivity contribution in [2.75, 3.05) is 11.1 Å². The molecule has 0 aliphatic heterocycles. The molecular formula is C20H22N6OS. The van der Waals surface area contributed by atoms with Gasteiger partial charge in [0.15, 0.2) is 0 Å². The van der Waals surface area contributed by atoms with Gasteiger partial charge in [-0.15, -0.1) is 5.10 Å². The Morgan fingerprint density at radius 1 is 1.32 bits per heavy atom. The lowest BCUT2D eigenvalue weighted by atomic mass is 10.2. The maximum Gasteiger partial charge on any atom is 0.235 e. The van der Waals surface area contributed by atoms with Gasteiger partial charge >= 0.3 is 0 Å². The number of rotatable bonds is 7. The molecule has 28 heavy (non-hydrogen) atoms. The van der Waals surface area contributed by atoms with Crippen molar-refractivity contribution in [3.05, 3.63) is 58.5 Å². The quantitative estimate of drug-likeness (QED) is 0.598. The van der Waals surface area contributed by atoms with E-state index in [-0.39, 0.29) is 11.7 Å². The molecule has 0 saturated heterocycles. The van der Waals surface area contributed by atoms with E-state index in [0.29, 0.717) is 23.1 Å². The predicted octanol–water partition coefficient (Wildman–Crippen LogP) is 3.44. The van der Waals surface area contributed by atoms with Crippen LogP contribution < -0.4 is 5.32 Å². The van der Waals surface area contributed by atoms with Crippen LogP contribution >= 0.6 is 11.8 Å². The number of aromatic amines is 1. The molecule has 0 spiro atoms. The maximum absolute atomic E-state index is 12.5. The standard InChI is InChI=1S/C20H22N6OS/c1-4-17-22-20(25-24-17)28-12-18(27)23-19-16(10-21)13(2)14(3)26(19)11-15-8-6-5-7-9-15/h5-9H,4,11-12H2,1-3H3,(H,23,27)(H,22,24,25). The third-order valence-corrected chi connectivity index (χ3v) is 5.41. The molecule has 7 nitrogen and oxygen atoms in total. The van der Waals surface area contributed by atoms with E-state index in [1.54, 1.807) is 0 Å². The van der Waals surface area contributed by atoms with Crippen molar-refractivity contribution in [3.63, 3.8) is 0 Å². The Bertz CT molecular complexity index is 1020. The topological polar surface area (TPSA) is 99.4 Å². The fourth-order valence-corrected chi connectivity index (χ4v) is 3.51. The van der Waals surface area contributed by atoms with Crippen molar-refractivity contribution < 1.29 is 4.79 Å². The molecule has 2 N–H and O–H groups in total. The summed E-state index contributed by atoms with van der Waals surface area (Å²) >= 11 is 1.26. The van der Waals surface area contributed by atoms with Crippen LogP contribution in [0.2, 0.25) is 0 Å². The van der Waals surface area contributed by atoms with E-state index in [9.17, 15) is 10.1 Å². The fraction of sp³-hybridized carbons (Fsp3) is 0.300. The first-order valence-corrected chi connectivity index (χ1v) is 9.99. The number of nitrogens with one attached hydrogen (secondary N) is 2. The van der Waals surface area contributed by atoms with E-state index in [2.05, 4.69) is 26.6 Å². The molecule has 144 valence electrons. The number of carbonyl (C=O) groups excluding carboxylic acids is 1. The molecule has 3 aromatic rings. The molecule has 2 heterocycles. The summed E-state index contributed by atoms with van der Waals surface area (Å²) in [6.45, 7) is 6.43. The monoisotopic (exact) mass is 394 g/mol. The molecule has 0 fully saturated rings. The van der Waals surface area contributed by atoms with Crippen molar-refractivity contribution in [2.24, 2.45) is 0 Å². The summed E-state index contributed by atoms with van der Waals surface area (Å²) in [7, 11) is 0.